The second kappa shape index (κ2) is 21.9. The highest BCUT2D eigenvalue weighted by atomic mass is 19.1. The molecule has 0 fully saturated rings. The number of benzene rings is 2. The highest BCUT2D eigenvalue weighted by Crippen LogP contribution is 2.46. The molecule has 3 aliphatic rings. The number of hydrogen-bond donors (Lipinski definition) is 7. The standard InChI is InChI=1S/C49H57FN8O11/c1-4-6-7-11-14-38(59)51-20-39(60)52-22-41(62)56-36(17-28-12-9-8-10-13-28)46(64)53-21-40(61)54-26-68-25-42(63)55-34-16-15-29-27(3)33(50)19-35-43(29)44(34)30-23-58-37(45(30)57-35)18-32-31(47(58)65)24-69-48(66)49(32,67)5-2/h8-10,12-13,18-19,34,36,67H,4-7,11,14-17,20-26H2,1-3H3,(H,51,59)(H,52,60)(H,53,64)(H,54,61)(H,55,63)(H,56,62)/t34-,36-,49-/m0/s1. The number of esters is 1. The lowest BCUT2D eigenvalue weighted by Gasteiger charge is -2.31. The third-order valence-corrected chi connectivity index (χ3v) is 12.8. The van der Waals surface area contributed by atoms with Gasteiger partial charge >= 0.3 is 5.97 Å². The van der Waals surface area contributed by atoms with Gasteiger partial charge in [-0.1, -0.05) is 63.4 Å². The molecule has 19 nitrogen and oxygen atoms in total. The molecule has 0 saturated carbocycles. The van der Waals surface area contributed by atoms with Crippen LogP contribution in [0, 0.1) is 12.7 Å². The molecule has 0 bridgehead atoms. The number of nitrogens with zero attached hydrogens (tertiary/aromatic N) is 2. The summed E-state index contributed by atoms with van der Waals surface area (Å²) in [7, 11) is 0. The lowest BCUT2D eigenvalue weighted by molar-refractivity contribution is -0.172. The van der Waals surface area contributed by atoms with Crippen LogP contribution in [0.1, 0.15) is 104 Å². The Bertz CT molecular complexity index is 2750. The summed E-state index contributed by atoms with van der Waals surface area (Å²) in [6.07, 6.45) is 4.81. The van der Waals surface area contributed by atoms with Crippen molar-refractivity contribution in [2.24, 2.45) is 0 Å². The molecule has 4 heterocycles. The van der Waals surface area contributed by atoms with Gasteiger partial charge in [0.25, 0.3) is 5.56 Å². The number of pyridine rings is 2. The molecule has 0 spiro atoms. The Labute approximate surface area is 396 Å². The fraction of sp³-hybridized carbons (Fsp3) is 0.449. The molecule has 2 aromatic heterocycles. The van der Waals surface area contributed by atoms with E-state index in [0.717, 1.165) is 30.4 Å². The van der Waals surface area contributed by atoms with E-state index in [2.05, 4.69) is 38.8 Å². The molecule has 0 unspecified atom stereocenters. The van der Waals surface area contributed by atoms with Gasteiger partial charge in [-0.15, -0.1) is 0 Å². The fourth-order valence-corrected chi connectivity index (χ4v) is 9.09. The van der Waals surface area contributed by atoms with Crippen LogP contribution < -0.4 is 37.5 Å². The van der Waals surface area contributed by atoms with E-state index >= 15 is 4.39 Å². The number of unbranched alkanes of at least 4 members (excludes halogenated alkanes) is 3. The summed E-state index contributed by atoms with van der Waals surface area (Å²) in [5.41, 5.74) is 1.99. The number of nitrogens with one attached hydrogen (secondary N) is 6. The Kier molecular flexibility index (Phi) is 15.8. The van der Waals surface area contributed by atoms with Crippen molar-refractivity contribution in [1.82, 2.24) is 41.5 Å². The van der Waals surface area contributed by atoms with Crippen molar-refractivity contribution in [1.29, 1.82) is 0 Å². The lowest BCUT2D eigenvalue weighted by Crippen LogP contribution is -2.52. The number of hydrogen-bond acceptors (Lipinski definition) is 12. The zero-order valence-electron chi connectivity index (χ0n) is 38.8. The third kappa shape index (κ3) is 11.1. The molecule has 6 amide bonds. The number of carbonyl (C=O) groups is 7. The molecule has 2 aliphatic heterocycles. The number of aryl methyl sites for hydroxylation is 1. The van der Waals surface area contributed by atoms with Crippen molar-refractivity contribution in [2.75, 3.05) is 33.0 Å². The van der Waals surface area contributed by atoms with Crippen molar-refractivity contribution < 1.29 is 52.5 Å². The molecule has 20 heteroatoms. The second-order valence-electron chi connectivity index (χ2n) is 17.5. The predicted octanol–water partition coefficient (Wildman–Crippen LogP) is 1.77. The van der Waals surface area contributed by atoms with Crippen LogP contribution in [-0.4, -0.2) is 95.1 Å². The van der Waals surface area contributed by atoms with Crippen LogP contribution in [0.25, 0.3) is 22.3 Å². The van der Waals surface area contributed by atoms with E-state index in [0.29, 0.717) is 64.7 Å². The molecule has 0 saturated heterocycles. The molecule has 69 heavy (non-hydrogen) atoms. The number of rotatable bonds is 21. The molecule has 1 aliphatic carbocycles. The van der Waals surface area contributed by atoms with Gasteiger partial charge in [0.1, 0.15) is 31.8 Å². The summed E-state index contributed by atoms with van der Waals surface area (Å²) in [5.74, 6) is -4.68. The average Bonchev–Trinajstić information content (AvgIpc) is 3.71. The molecule has 2 aromatic carbocycles. The predicted molar refractivity (Wildman–Crippen MR) is 247 cm³/mol. The molecule has 7 rings (SSSR count). The zero-order valence-corrected chi connectivity index (χ0v) is 38.8. The molecule has 3 atom stereocenters. The first-order valence-electron chi connectivity index (χ1n) is 23.2. The number of fused-ring (bicyclic) bond motifs is 5. The van der Waals surface area contributed by atoms with Gasteiger partial charge in [-0.05, 0) is 60.9 Å². The molecule has 7 N–H and O–H groups in total. The van der Waals surface area contributed by atoms with Crippen LogP contribution >= 0.6 is 0 Å². The number of ether oxygens (including phenoxy) is 2. The largest absolute Gasteiger partial charge is 0.458 e. The quantitative estimate of drug-likeness (QED) is 0.0315. The Balaban J connectivity index is 0.932. The van der Waals surface area contributed by atoms with Crippen molar-refractivity contribution in [3.63, 3.8) is 0 Å². The van der Waals surface area contributed by atoms with Gasteiger partial charge in [0.15, 0.2) is 5.60 Å². The Hall–Kier alpha value is -7.06. The minimum Gasteiger partial charge on any atom is -0.458 e. The van der Waals surface area contributed by atoms with E-state index < -0.39 is 91.0 Å². The Morgan fingerprint density at radius 2 is 1.62 bits per heavy atom. The number of carbonyl (C=O) groups excluding carboxylic acids is 7. The van der Waals surface area contributed by atoms with E-state index in [4.69, 9.17) is 14.5 Å². The van der Waals surface area contributed by atoms with Crippen LogP contribution in [0.15, 0.2) is 47.3 Å². The summed E-state index contributed by atoms with van der Waals surface area (Å²) >= 11 is 0. The van der Waals surface area contributed by atoms with Gasteiger partial charge in [-0.25, -0.2) is 14.2 Å². The number of amides is 6. The summed E-state index contributed by atoms with van der Waals surface area (Å²) in [4.78, 5) is 108. The maximum absolute atomic E-state index is 15.3. The van der Waals surface area contributed by atoms with Crippen LogP contribution in [-0.2, 0) is 74.6 Å². The van der Waals surface area contributed by atoms with Crippen LogP contribution in [0.4, 0.5) is 4.39 Å². The van der Waals surface area contributed by atoms with E-state index in [1.54, 1.807) is 50.2 Å². The summed E-state index contributed by atoms with van der Waals surface area (Å²) in [6, 6.07) is 10.0. The minimum absolute atomic E-state index is 0.0408. The van der Waals surface area contributed by atoms with E-state index in [9.17, 15) is 43.5 Å². The normalized spacial score (nSPS) is 16.8. The first-order chi connectivity index (χ1) is 33.1. The lowest BCUT2D eigenvalue weighted by atomic mass is 9.81. The number of halogens is 1. The number of aliphatic hydroxyl groups is 1. The van der Waals surface area contributed by atoms with Crippen molar-refractivity contribution in [3.8, 4) is 11.4 Å². The first kappa shape index (κ1) is 49.8. The first-order valence-corrected chi connectivity index (χ1v) is 23.2. The molecule has 0 radical (unpaired) electrons. The molecule has 366 valence electrons. The SMILES string of the molecule is CCCCCCC(=O)NCC(=O)NCC(=O)N[C@@H](Cc1ccccc1)C(=O)NCC(=O)NCOCC(=O)N[C@H]1CCc2c(C)c(F)cc3nc4c(c1c23)Cn1c-4cc2c(c1=O)COC(=O)[C@]2(O)CC. The van der Waals surface area contributed by atoms with Crippen molar-refractivity contribution >= 4 is 52.3 Å². The number of cyclic esters (lactones) is 1. The van der Waals surface area contributed by atoms with E-state index in [1.165, 1.54) is 10.6 Å². The monoisotopic (exact) mass is 952 g/mol. The third-order valence-electron chi connectivity index (χ3n) is 12.8. The second-order valence-corrected chi connectivity index (χ2v) is 17.5. The van der Waals surface area contributed by atoms with Gasteiger partial charge < -0.3 is 51.0 Å². The fourth-order valence-electron chi connectivity index (χ4n) is 9.09. The molecule has 4 aromatic rings. The Morgan fingerprint density at radius 3 is 2.38 bits per heavy atom. The minimum atomic E-state index is -2.04. The maximum Gasteiger partial charge on any atom is 0.343 e. The van der Waals surface area contributed by atoms with Gasteiger partial charge in [-0.3, -0.25) is 33.6 Å². The van der Waals surface area contributed by atoms with Crippen molar-refractivity contribution in [3.05, 3.63) is 97.6 Å². The van der Waals surface area contributed by atoms with Gasteiger partial charge in [0.2, 0.25) is 35.4 Å². The van der Waals surface area contributed by atoms with Gasteiger partial charge in [0, 0.05) is 35.4 Å². The van der Waals surface area contributed by atoms with E-state index in [-0.39, 0.29) is 49.6 Å². The summed E-state index contributed by atoms with van der Waals surface area (Å²) < 4.78 is 27.5. The number of aromatic nitrogens is 2. The van der Waals surface area contributed by atoms with E-state index in [1.807, 2.05) is 0 Å². The molecular formula is C49H57FN8O11. The summed E-state index contributed by atoms with van der Waals surface area (Å²) in [5, 5.41) is 27.5. The van der Waals surface area contributed by atoms with Crippen molar-refractivity contribution in [2.45, 2.75) is 109 Å². The van der Waals surface area contributed by atoms with Crippen LogP contribution in [0.2, 0.25) is 0 Å². The Morgan fingerprint density at radius 1 is 0.899 bits per heavy atom. The average molecular weight is 953 g/mol. The highest BCUT2D eigenvalue weighted by molar-refractivity contribution is 5.95. The zero-order chi connectivity index (χ0) is 49.4. The maximum atomic E-state index is 15.3. The smallest absolute Gasteiger partial charge is 0.343 e. The van der Waals surface area contributed by atoms with Gasteiger partial charge in [-0.2, -0.15) is 0 Å². The van der Waals surface area contributed by atoms with Crippen LogP contribution in [0.3, 0.4) is 0 Å². The van der Waals surface area contributed by atoms with Gasteiger partial charge in [0.05, 0.1) is 54.7 Å². The molecular weight excluding hydrogens is 896 g/mol. The topological polar surface area (TPSA) is 265 Å². The van der Waals surface area contributed by atoms with Crippen LogP contribution in [0.5, 0.6) is 0 Å². The highest BCUT2D eigenvalue weighted by Gasteiger charge is 2.46. The summed E-state index contributed by atoms with van der Waals surface area (Å²) in [6.45, 7) is 2.98.